The van der Waals surface area contributed by atoms with Crippen molar-refractivity contribution in [1.82, 2.24) is 9.97 Å². The Labute approximate surface area is 99.2 Å². The summed E-state index contributed by atoms with van der Waals surface area (Å²) >= 11 is 0. The number of nitrogens with zero attached hydrogens (tertiary/aromatic N) is 2. The van der Waals surface area contributed by atoms with E-state index in [4.69, 9.17) is 15.2 Å². The summed E-state index contributed by atoms with van der Waals surface area (Å²) in [5, 5.41) is 0. The molecule has 0 fully saturated rings. The highest BCUT2D eigenvalue weighted by atomic mass is 16.5. The number of methoxy groups -OCH3 is 1. The Balaban J connectivity index is 2.08. The van der Waals surface area contributed by atoms with Gasteiger partial charge in [-0.05, 0) is 24.3 Å². The fraction of sp³-hybridized carbons (Fsp3) is 0.167. The van der Waals surface area contributed by atoms with Crippen molar-refractivity contribution in [2.45, 2.75) is 6.54 Å². The van der Waals surface area contributed by atoms with Crippen LogP contribution in [0.4, 0.5) is 0 Å². The summed E-state index contributed by atoms with van der Waals surface area (Å²) in [6.45, 7) is 0.371. The average molecular weight is 231 g/mol. The number of benzene rings is 1. The summed E-state index contributed by atoms with van der Waals surface area (Å²) in [4.78, 5) is 8.18. The number of ether oxygens (including phenoxy) is 2. The van der Waals surface area contributed by atoms with Crippen LogP contribution in [0.2, 0.25) is 0 Å². The molecule has 1 aromatic carbocycles. The molecule has 0 aliphatic heterocycles. The third kappa shape index (κ3) is 2.92. The highest BCUT2D eigenvalue weighted by Crippen LogP contribution is 2.21. The zero-order valence-electron chi connectivity index (χ0n) is 9.46. The Bertz CT molecular complexity index is 423. The van der Waals surface area contributed by atoms with Crippen LogP contribution < -0.4 is 15.2 Å². The van der Waals surface area contributed by atoms with Gasteiger partial charge in [0.25, 0.3) is 0 Å². The standard InChI is InChI=1S/C12H13N3O2/c1-16-10-2-4-11(5-3-10)17-12-8-14-9(6-13)7-15-12/h2-5,7-8H,6,13H2,1H3. The van der Waals surface area contributed by atoms with E-state index in [1.807, 2.05) is 12.1 Å². The maximum absolute atomic E-state index is 5.51. The summed E-state index contributed by atoms with van der Waals surface area (Å²) in [5.74, 6) is 1.90. The van der Waals surface area contributed by atoms with E-state index in [-0.39, 0.29) is 0 Å². The molecule has 1 heterocycles. The molecule has 0 bridgehead atoms. The van der Waals surface area contributed by atoms with Gasteiger partial charge in [0.2, 0.25) is 5.88 Å². The van der Waals surface area contributed by atoms with E-state index in [2.05, 4.69) is 9.97 Å². The second-order valence-corrected chi connectivity index (χ2v) is 3.33. The predicted molar refractivity (Wildman–Crippen MR) is 63.0 cm³/mol. The van der Waals surface area contributed by atoms with Gasteiger partial charge in [-0.1, -0.05) is 0 Å². The van der Waals surface area contributed by atoms with Crippen LogP contribution in [-0.4, -0.2) is 17.1 Å². The van der Waals surface area contributed by atoms with Crippen molar-refractivity contribution in [3.8, 4) is 17.4 Å². The van der Waals surface area contributed by atoms with Gasteiger partial charge in [0.15, 0.2) is 0 Å². The first-order valence-corrected chi connectivity index (χ1v) is 5.14. The summed E-state index contributed by atoms with van der Waals surface area (Å²) in [6, 6.07) is 7.24. The third-order valence-electron chi connectivity index (χ3n) is 2.17. The summed E-state index contributed by atoms with van der Waals surface area (Å²) in [7, 11) is 1.62. The number of rotatable bonds is 4. The Morgan fingerprint density at radius 2 is 1.76 bits per heavy atom. The first-order chi connectivity index (χ1) is 8.31. The molecule has 0 aliphatic carbocycles. The van der Waals surface area contributed by atoms with Crippen molar-refractivity contribution in [2.24, 2.45) is 5.73 Å². The topological polar surface area (TPSA) is 70.3 Å². The van der Waals surface area contributed by atoms with Crippen LogP contribution in [0.5, 0.6) is 17.4 Å². The second kappa shape index (κ2) is 5.27. The van der Waals surface area contributed by atoms with E-state index < -0.39 is 0 Å². The quantitative estimate of drug-likeness (QED) is 0.867. The van der Waals surface area contributed by atoms with Gasteiger partial charge in [-0.25, -0.2) is 4.98 Å². The van der Waals surface area contributed by atoms with Crippen LogP contribution in [0.15, 0.2) is 36.7 Å². The van der Waals surface area contributed by atoms with Crippen molar-refractivity contribution < 1.29 is 9.47 Å². The molecule has 0 unspecified atom stereocenters. The average Bonchev–Trinajstić information content (AvgIpc) is 2.40. The van der Waals surface area contributed by atoms with Gasteiger partial charge in [-0.2, -0.15) is 0 Å². The minimum Gasteiger partial charge on any atom is -0.497 e. The number of aromatic nitrogens is 2. The molecule has 2 rings (SSSR count). The fourth-order valence-corrected chi connectivity index (χ4v) is 1.27. The molecule has 5 nitrogen and oxygen atoms in total. The van der Waals surface area contributed by atoms with E-state index in [1.165, 1.54) is 0 Å². The van der Waals surface area contributed by atoms with Gasteiger partial charge < -0.3 is 15.2 Å². The van der Waals surface area contributed by atoms with Crippen LogP contribution >= 0.6 is 0 Å². The molecule has 17 heavy (non-hydrogen) atoms. The van der Waals surface area contributed by atoms with Gasteiger partial charge in [-0.3, -0.25) is 4.98 Å². The lowest BCUT2D eigenvalue weighted by Crippen LogP contribution is -2.00. The smallest absolute Gasteiger partial charge is 0.237 e. The summed E-state index contributed by atoms with van der Waals surface area (Å²) in [5.41, 5.74) is 6.16. The lowest BCUT2D eigenvalue weighted by Gasteiger charge is -2.05. The molecule has 5 heteroatoms. The number of nitrogens with two attached hydrogens (primary N) is 1. The Hall–Kier alpha value is -2.14. The van der Waals surface area contributed by atoms with E-state index in [0.29, 0.717) is 18.2 Å². The Kier molecular flexibility index (Phi) is 3.52. The molecular weight excluding hydrogens is 218 g/mol. The highest BCUT2D eigenvalue weighted by molar-refractivity contribution is 5.33. The predicted octanol–water partition coefficient (Wildman–Crippen LogP) is 1.74. The Morgan fingerprint density at radius 1 is 1.06 bits per heavy atom. The monoisotopic (exact) mass is 231 g/mol. The molecule has 0 amide bonds. The van der Waals surface area contributed by atoms with Gasteiger partial charge in [0, 0.05) is 6.54 Å². The van der Waals surface area contributed by atoms with Crippen molar-refractivity contribution >= 4 is 0 Å². The number of hydrogen-bond donors (Lipinski definition) is 1. The maximum Gasteiger partial charge on any atom is 0.237 e. The molecule has 0 aliphatic rings. The van der Waals surface area contributed by atoms with Gasteiger partial charge in [-0.15, -0.1) is 0 Å². The van der Waals surface area contributed by atoms with E-state index in [1.54, 1.807) is 31.6 Å². The van der Waals surface area contributed by atoms with Crippen LogP contribution in [0.1, 0.15) is 5.69 Å². The van der Waals surface area contributed by atoms with Gasteiger partial charge in [0.05, 0.1) is 25.2 Å². The van der Waals surface area contributed by atoms with Crippen molar-refractivity contribution in [1.29, 1.82) is 0 Å². The largest absolute Gasteiger partial charge is 0.497 e. The van der Waals surface area contributed by atoms with Crippen LogP contribution in [0, 0.1) is 0 Å². The maximum atomic E-state index is 5.51. The molecule has 0 saturated carbocycles. The molecular formula is C12H13N3O2. The summed E-state index contributed by atoms with van der Waals surface area (Å²) < 4.78 is 10.6. The molecule has 88 valence electrons. The molecule has 0 saturated heterocycles. The van der Waals surface area contributed by atoms with Gasteiger partial charge >= 0.3 is 0 Å². The molecule has 1 aromatic heterocycles. The van der Waals surface area contributed by atoms with E-state index >= 15 is 0 Å². The van der Waals surface area contributed by atoms with Crippen LogP contribution in [0.3, 0.4) is 0 Å². The van der Waals surface area contributed by atoms with Gasteiger partial charge in [0.1, 0.15) is 11.5 Å². The zero-order valence-corrected chi connectivity index (χ0v) is 9.46. The minimum atomic E-state index is 0.371. The molecule has 0 radical (unpaired) electrons. The van der Waals surface area contributed by atoms with E-state index in [9.17, 15) is 0 Å². The highest BCUT2D eigenvalue weighted by Gasteiger charge is 2.00. The van der Waals surface area contributed by atoms with Crippen LogP contribution in [0.25, 0.3) is 0 Å². The first-order valence-electron chi connectivity index (χ1n) is 5.14. The lowest BCUT2D eigenvalue weighted by atomic mass is 10.3. The summed E-state index contributed by atoms with van der Waals surface area (Å²) in [6.07, 6.45) is 3.14. The number of hydrogen-bond acceptors (Lipinski definition) is 5. The molecule has 0 spiro atoms. The van der Waals surface area contributed by atoms with Crippen molar-refractivity contribution in [3.63, 3.8) is 0 Å². The third-order valence-corrected chi connectivity index (χ3v) is 2.17. The molecule has 2 aromatic rings. The Morgan fingerprint density at radius 3 is 2.29 bits per heavy atom. The minimum absolute atomic E-state index is 0.371. The van der Waals surface area contributed by atoms with Crippen molar-refractivity contribution in [2.75, 3.05) is 7.11 Å². The fourth-order valence-electron chi connectivity index (χ4n) is 1.27. The molecule has 0 atom stereocenters. The lowest BCUT2D eigenvalue weighted by molar-refractivity contribution is 0.412. The zero-order chi connectivity index (χ0) is 12.1. The van der Waals surface area contributed by atoms with E-state index in [0.717, 1.165) is 11.4 Å². The second-order valence-electron chi connectivity index (χ2n) is 3.33. The normalized spacial score (nSPS) is 10.0. The SMILES string of the molecule is COc1ccc(Oc2cnc(CN)cn2)cc1. The van der Waals surface area contributed by atoms with Crippen molar-refractivity contribution in [3.05, 3.63) is 42.4 Å². The van der Waals surface area contributed by atoms with Crippen LogP contribution in [-0.2, 0) is 6.54 Å². The molecule has 2 N–H and O–H groups in total. The first kappa shape index (κ1) is 11.3.